The zero-order valence-electron chi connectivity index (χ0n) is 8.04. The third kappa shape index (κ3) is 125. The van der Waals surface area contributed by atoms with Gasteiger partial charge in [0.1, 0.15) is 0 Å². The molecule has 0 atom stereocenters. The summed E-state index contributed by atoms with van der Waals surface area (Å²) in [7, 11) is 0. The summed E-state index contributed by atoms with van der Waals surface area (Å²) in [4.78, 5) is 18.8. The number of thiocarbonyl (C=S) groups is 1. The number of nitrogens with two attached hydrogens (primary N) is 1. The molecule has 0 aliphatic heterocycles. The molecule has 0 aromatic rings. The number of ether oxygens (including phenoxy) is 1. The molecule has 0 saturated heterocycles. The lowest BCUT2D eigenvalue weighted by molar-refractivity contribution is -0.131. The van der Waals surface area contributed by atoms with Gasteiger partial charge in [-0.1, -0.05) is 6.58 Å². The summed E-state index contributed by atoms with van der Waals surface area (Å²) < 4.78 is 4.18. The number of carbonyl (C=O) groups excluding carboxylic acids is 1. The monoisotopic (exact) mass is 239 g/mol. The van der Waals surface area contributed by atoms with Crippen molar-refractivity contribution in [1.29, 1.82) is 0 Å². The van der Waals surface area contributed by atoms with Crippen LogP contribution in [-0.4, -0.2) is 39.2 Å². The van der Waals surface area contributed by atoms with Crippen LogP contribution in [0, 0.1) is 0 Å². The van der Waals surface area contributed by atoms with Gasteiger partial charge in [0.25, 0.3) is 0 Å². The van der Waals surface area contributed by atoms with Gasteiger partial charge in [-0.3, -0.25) is 0 Å². The van der Waals surface area contributed by atoms with Crippen molar-refractivity contribution in [1.82, 2.24) is 0 Å². The Morgan fingerprint density at radius 3 is 1.73 bits per heavy atom. The number of hydrogen-bond acceptors (Lipinski definition) is 4. The Labute approximate surface area is 91.8 Å². The number of amides is 1. The van der Waals surface area contributed by atoms with Crippen molar-refractivity contribution >= 4 is 29.5 Å². The molecule has 0 bridgehead atoms. The minimum atomic E-state index is -1.000. The second kappa shape index (κ2) is 14.7. The minimum Gasteiger partial charge on any atom is -0.478 e. The number of aliphatic hydroxyl groups excluding tert-OH is 1. The molecule has 0 aromatic heterocycles. The summed E-state index contributed by atoms with van der Waals surface area (Å²) in [6.45, 7) is 5.02. The Morgan fingerprint density at radius 1 is 1.47 bits per heavy atom. The number of rotatable bonds is 2. The summed E-state index contributed by atoms with van der Waals surface area (Å²) in [6, 6.07) is 0. The van der Waals surface area contributed by atoms with Crippen LogP contribution in [0.15, 0.2) is 12.7 Å². The summed E-state index contributed by atoms with van der Waals surface area (Å²) in [5, 5.41) is 21.3. The Kier molecular flexibility index (Phi) is 18.5. The van der Waals surface area contributed by atoms with E-state index in [2.05, 4.69) is 29.3 Å². The van der Waals surface area contributed by atoms with E-state index in [0.29, 0.717) is 6.61 Å². The molecule has 0 radical (unpaired) electrons. The smallest absolute Gasteiger partial charge is 0.404 e. The first-order chi connectivity index (χ1) is 6.77. The summed E-state index contributed by atoms with van der Waals surface area (Å²) in [5.74, 6) is -0.981. The lowest BCUT2D eigenvalue weighted by atomic mass is 10.7. The van der Waals surface area contributed by atoms with Gasteiger partial charge in [0.05, 0.1) is 6.61 Å². The SMILES string of the molecule is C=CC(=O)O.CCOC(N)=O.OC(O)=S. The van der Waals surface area contributed by atoms with Crippen LogP contribution < -0.4 is 5.73 Å². The van der Waals surface area contributed by atoms with Crippen LogP contribution in [0.25, 0.3) is 0 Å². The highest BCUT2D eigenvalue weighted by atomic mass is 32.1. The van der Waals surface area contributed by atoms with Crippen LogP contribution in [0.3, 0.4) is 0 Å². The molecule has 8 heteroatoms. The lowest BCUT2D eigenvalue weighted by Gasteiger charge is -1.89. The lowest BCUT2D eigenvalue weighted by Crippen LogP contribution is -2.11. The largest absolute Gasteiger partial charge is 0.478 e. The van der Waals surface area contributed by atoms with Crippen LogP contribution in [0.2, 0.25) is 0 Å². The molecule has 7 nitrogen and oxygen atoms in total. The van der Waals surface area contributed by atoms with Gasteiger partial charge in [0.2, 0.25) is 0 Å². The van der Waals surface area contributed by atoms with Crippen LogP contribution in [0.1, 0.15) is 6.92 Å². The molecule has 5 N–H and O–H groups in total. The van der Waals surface area contributed by atoms with Crippen LogP contribution in [0.5, 0.6) is 0 Å². The molecular formula is C7H13NO6S. The van der Waals surface area contributed by atoms with Crippen LogP contribution >= 0.6 is 12.2 Å². The van der Waals surface area contributed by atoms with Crippen molar-refractivity contribution < 1.29 is 29.6 Å². The molecule has 0 spiro atoms. The number of hydrogen-bond donors (Lipinski definition) is 4. The van der Waals surface area contributed by atoms with Gasteiger partial charge in [0, 0.05) is 18.3 Å². The number of carbonyl (C=O) groups is 2. The first-order valence-electron chi connectivity index (χ1n) is 3.47. The average molecular weight is 239 g/mol. The van der Waals surface area contributed by atoms with Gasteiger partial charge in [-0.05, 0) is 6.92 Å². The van der Waals surface area contributed by atoms with Gasteiger partial charge in [-0.25, -0.2) is 9.59 Å². The van der Waals surface area contributed by atoms with E-state index in [9.17, 15) is 9.59 Å². The van der Waals surface area contributed by atoms with E-state index >= 15 is 0 Å². The Hall–Kier alpha value is -1.83. The molecular weight excluding hydrogens is 226 g/mol. The van der Waals surface area contributed by atoms with Crippen molar-refractivity contribution in [2.75, 3.05) is 6.61 Å². The summed E-state index contributed by atoms with van der Waals surface area (Å²) in [5.41, 5.74) is 4.54. The zero-order valence-corrected chi connectivity index (χ0v) is 8.86. The molecule has 15 heavy (non-hydrogen) atoms. The number of aliphatic carboxylic acids is 1. The molecule has 0 aromatic carbocycles. The zero-order chi connectivity index (χ0) is 12.9. The Morgan fingerprint density at radius 2 is 1.73 bits per heavy atom. The van der Waals surface area contributed by atoms with Crippen LogP contribution in [-0.2, 0) is 9.53 Å². The van der Waals surface area contributed by atoms with E-state index in [-0.39, 0.29) is 0 Å². The van der Waals surface area contributed by atoms with Crippen molar-refractivity contribution in [3.8, 4) is 0 Å². The maximum absolute atomic E-state index is 9.60. The maximum Gasteiger partial charge on any atom is 0.404 e. The van der Waals surface area contributed by atoms with E-state index in [1.807, 2.05) is 0 Å². The van der Waals surface area contributed by atoms with Gasteiger partial charge >= 0.3 is 17.3 Å². The maximum atomic E-state index is 9.60. The van der Waals surface area contributed by atoms with Gasteiger partial charge in [-0.2, -0.15) is 0 Å². The third-order valence-electron chi connectivity index (χ3n) is 0.461. The van der Waals surface area contributed by atoms with E-state index < -0.39 is 17.3 Å². The molecule has 0 aliphatic rings. The van der Waals surface area contributed by atoms with Crippen LogP contribution in [0.4, 0.5) is 4.79 Å². The highest BCUT2D eigenvalue weighted by molar-refractivity contribution is 7.79. The highest BCUT2D eigenvalue weighted by Gasteiger charge is 1.82. The number of carboxylic acid groups (broad SMARTS) is 1. The first-order valence-corrected chi connectivity index (χ1v) is 3.88. The van der Waals surface area contributed by atoms with E-state index in [0.717, 1.165) is 6.08 Å². The predicted octanol–water partition coefficient (Wildman–Crippen LogP) is 0.746. The number of primary amides is 1. The van der Waals surface area contributed by atoms with Crippen molar-refractivity contribution in [3.63, 3.8) is 0 Å². The molecule has 0 unspecified atom stereocenters. The predicted molar refractivity (Wildman–Crippen MR) is 56.9 cm³/mol. The number of aliphatic hydroxyl groups is 2. The van der Waals surface area contributed by atoms with Gasteiger partial charge in [0.15, 0.2) is 0 Å². The Bertz CT molecular complexity index is 214. The fourth-order valence-corrected chi connectivity index (χ4v) is 0.142. The summed E-state index contributed by atoms with van der Waals surface area (Å²) >= 11 is 3.65. The van der Waals surface area contributed by atoms with Gasteiger partial charge < -0.3 is 25.8 Å². The molecule has 88 valence electrons. The number of carboxylic acids is 1. The first kappa shape index (κ1) is 18.9. The quantitative estimate of drug-likeness (QED) is 0.413. The Balaban J connectivity index is -0.000000147. The third-order valence-corrected chi connectivity index (χ3v) is 0.461. The molecule has 1 amide bonds. The van der Waals surface area contributed by atoms with Gasteiger partial charge in [-0.15, -0.1) is 0 Å². The topological polar surface area (TPSA) is 130 Å². The minimum absolute atomic E-state index is 0.356. The molecule has 0 fully saturated rings. The highest BCUT2D eigenvalue weighted by Crippen LogP contribution is 1.66. The van der Waals surface area contributed by atoms with Crippen molar-refractivity contribution in [3.05, 3.63) is 12.7 Å². The fraction of sp³-hybridized carbons (Fsp3) is 0.286. The van der Waals surface area contributed by atoms with Crippen molar-refractivity contribution in [2.45, 2.75) is 6.92 Å². The molecule has 0 saturated carbocycles. The second-order valence-electron chi connectivity index (χ2n) is 1.58. The average Bonchev–Trinajstić information content (AvgIpc) is 2.03. The molecule has 0 rings (SSSR count). The standard InChI is InChI=1S/C3H7NO2.C3H4O2.CH2O2S/c1-2-6-3(4)5;1-2-3(4)5;2-1(3)4/h2H2,1H3,(H2,4,5);2H,1H2,(H,4,5);(H2,2,3,4). The molecule has 0 aliphatic carbocycles. The normalized spacial score (nSPS) is 6.73. The van der Waals surface area contributed by atoms with Crippen molar-refractivity contribution in [2.24, 2.45) is 5.73 Å². The fourth-order valence-electron chi connectivity index (χ4n) is 0.142. The summed E-state index contributed by atoms with van der Waals surface area (Å²) in [6.07, 6.45) is 0.123. The molecule has 0 heterocycles. The van der Waals surface area contributed by atoms with E-state index in [1.165, 1.54) is 0 Å². The van der Waals surface area contributed by atoms with E-state index in [4.69, 9.17) is 15.3 Å². The van der Waals surface area contributed by atoms with E-state index in [1.54, 1.807) is 6.92 Å². The second-order valence-corrected chi connectivity index (χ2v) is 1.94.